The Morgan fingerprint density at radius 3 is 2.17 bits per heavy atom. The summed E-state index contributed by atoms with van der Waals surface area (Å²) in [6.45, 7) is 0. The summed E-state index contributed by atoms with van der Waals surface area (Å²) < 4.78 is 0.956. The van der Waals surface area contributed by atoms with Crippen molar-refractivity contribution in [1.29, 1.82) is 0 Å². The van der Waals surface area contributed by atoms with Crippen LogP contribution >= 0.6 is 11.3 Å². The van der Waals surface area contributed by atoms with Crippen LogP contribution in [-0.2, 0) is 0 Å². The first kappa shape index (κ1) is 21.1. The molecule has 0 spiro atoms. The monoisotopic (exact) mass is 472 g/mol. The Morgan fingerprint density at radius 1 is 0.657 bits per heavy atom. The van der Waals surface area contributed by atoms with E-state index < -0.39 is 0 Å². The number of ketones is 1. The molecule has 0 fully saturated rings. The van der Waals surface area contributed by atoms with Gasteiger partial charge in [0, 0.05) is 31.7 Å². The molecule has 6 aromatic rings. The van der Waals surface area contributed by atoms with Gasteiger partial charge in [-0.3, -0.25) is 4.79 Å². The minimum atomic E-state index is -0.0760. The third kappa shape index (κ3) is 3.65. The lowest BCUT2D eigenvalue weighted by molar-refractivity contribution is 0.104. The Hall–Kier alpha value is -4.41. The second kappa shape index (κ2) is 8.42. The molecule has 0 saturated carbocycles. The predicted molar refractivity (Wildman–Crippen MR) is 143 cm³/mol. The second-order valence-electron chi connectivity index (χ2n) is 8.44. The number of aromatic hydroxyl groups is 2. The SMILES string of the molecule is O=C(c1ccc2ccccc2c1)c1c(-c2ccc(O)cc2)sc2cccc(-c3ccccc3O)c12. The normalized spacial score (nSPS) is 11.2. The number of phenols is 2. The number of para-hydroxylation sites is 1. The van der Waals surface area contributed by atoms with Crippen molar-refractivity contribution in [1.82, 2.24) is 0 Å². The molecule has 0 aliphatic carbocycles. The zero-order valence-corrected chi connectivity index (χ0v) is 19.4. The maximum Gasteiger partial charge on any atom is 0.195 e. The van der Waals surface area contributed by atoms with Crippen molar-refractivity contribution in [3.63, 3.8) is 0 Å². The van der Waals surface area contributed by atoms with Crippen molar-refractivity contribution >= 4 is 38.0 Å². The van der Waals surface area contributed by atoms with E-state index in [1.165, 1.54) is 0 Å². The number of carbonyl (C=O) groups is 1. The van der Waals surface area contributed by atoms with Crippen LogP contribution in [-0.4, -0.2) is 16.0 Å². The Labute approximate surface area is 206 Å². The average Bonchev–Trinajstić information content (AvgIpc) is 3.28. The standard InChI is InChI=1S/C31H20O3S/c32-23-16-14-20(15-17-23)31-29(30(34)22-13-12-19-6-1-2-7-21(19)18-22)28-25(9-5-11-27(28)35-31)24-8-3-4-10-26(24)33/h1-18,32-33H. The van der Waals surface area contributed by atoms with Gasteiger partial charge in [-0.15, -0.1) is 11.3 Å². The topological polar surface area (TPSA) is 57.5 Å². The highest BCUT2D eigenvalue weighted by molar-refractivity contribution is 7.23. The molecule has 168 valence electrons. The van der Waals surface area contributed by atoms with Crippen molar-refractivity contribution in [3.05, 3.63) is 120 Å². The number of phenolic OH excluding ortho intramolecular Hbond substituents is 2. The number of hydrogen-bond donors (Lipinski definition) is 2. The Morgan fingerprint density at radius 2 is 1.37 bits per heavy atom. The fraction of sp³-hybridized carbons (Fsp3) is 0. The average molecular weight is 473 g/mol. The van der Waals surface area contributed by atoms with Crippen LogP contribution in [0.4, 0.5) is 0 Å². The lowest BCUT2D eigenvalue weighted by atomic mass is 9.92. The molecule has 0 unspecified atom stereocenters. The lowest BCUT2D eigenvalue weighted by Gasteiger charge is -2.10. The molecular weight excluding hydrogens is 452 g/mol. The van der Waals surface area contributed by atoms with Gasteiger partial charge < -0.3 is 10.2 Å². The van der Waals surface area contributed by atoms with Gasteiger partial charge in [0.15, 0.2) is 5.78 Å². The molecule has 0 amide bonds. The van der Waals surface area contributed by atoms with E-state index in [2.05, 4.69) is 0 Å². The fourth-order valence-electron chi connectivity index (χ4n) is 4.58. The van der Waals surface area contributed by atoms with Crippen LogP contribution in [0.5, 0.6) is 11.5 Å². The van der Waals surface area contributed by atoms with E-state index in [0.717, 1.165) is 36.9 Å². The summed E-state index contributed by atoms with van der Waals surface area (Å²) in [7, 11) is 0. The second-order valence-corrected chi connectivity index (χ2v) is 9.49. The minimum absolute atomic E-state index is 0.0760. The first-order valence-corrected chi connectivity index (χ1v) is 12.1. The number of hydrogen-bond acceptors (Lipinski definition) is 4. The van der Waals surface area contributed by atoms with Crippen molar-refractivity contribution in [2.24, 2.45) is 0 Å². The third-order valence-electron chi connectivity index (χ3n) is 6.28. The molecule has 4 heteroatoms. The van der Waals surface area contributed by atoms with Crippen molar-refractivity contribution in [2.75, 3.05) is 0 Å². The van der Waals surface area contributed by atoms with Crippen molar-refractivity contribution in [2.45, 2.75) is 0 Å². The Bertz CT molecular complexity index is 1730. The maximum absolute atomic E-state index is 14.2. The van der Waals surface area contributed by atoms with E-state index in [1.807, 2.05) is 84.9 Å². The molecule has 0 aliphatic heterocycles. The minimum Gasteiger partial charge on any atom is -0.508 e. The number of benzene rings is 5. The van der Waals surface area contributed by atoms with Crippen LogP contribution in [0, 0.1) is 0 Å². The zero-order chi connectivity index (χ0) is 23.9. The number of thiophene rings is 1. The Balaban J connectivity index is 1.66. The summed E-state index contributed by atoms with van der Waals surface area (Å²) in [6, 6.07) is 33.8. The number of rotatable bonds is 4. The van der Waals surface area contributed by atoms with Gasteiger partial charge in [-0.2, -0.15) is 0 Å². The summed E-state index contributed by atoms with van der Waals surface area (Å²) in [6.07, 6.45) is 0. The summed E-state index contributed by atoms with van der Waals surface area (Å²) in [5.74, 6) is 0.265. The molecule has 5 aromatic carbocycles. The summed E-state index contributed by atoms with van der Waals surface area (Å²) in [4.78, 5) is 15.0. The van der Waals surface area contributed by atoms with Crippen molar-refractivity contribution < 1.29 is 15.0 Å². The molecule has 0 aliphatic rings. The van der Waals surface area contributed by atoms with E-state index in [9.17, 15) is 15.0 Å². The van der Waals surface area contributed by atoms with Gasteiger partial charge in [-0.25, -0.2) is 0 Å². The molecule has 2 N–H and O–H groups in total. The largest absolute Gasteiger partial charge is 0.508 e. The van der Waals surface area contributed by atoms with Gasteiger partial charge in [0.2, 0.25) is 0 Å². The van der Waals surface area contributed by atoms with E-state index >= 15 is 0 Å². The van der Waals surface area contributed by atoms with Crippen LogP contribution in [0.25, 0.3) is 42.4 Å². The van der Waals surface area contributed by atoms with E-state index in [4.69, 9.17) is 0 Å². The highest BCUT2D eigenvalue weighted by atomic mass is 32.1. The molecule has 0 bridgehead atoms. The molecule has 0 atom stereocenters. The molecule has 1 heterocycles. The van der Waals surface area contributed by atoms with E-state index in [-0.39, 0.29) is 17.3 Å². The molecule has 1 aromatic heterocycles. The number of fused-ring (bicyclic) bond motifs is 2. The van der Waals surface area contributed by atoms with Gasteiger partial charge in [0.1, 0.15) is 11.5 Å². The molecule has 3 nitrogen and oxygen atoms in total. The van der Waals surface area contributed by atoms with Gasteiger partial charge in [0.05, 0.1) is 0 Å². The smallest absolute Gasteiger partial charge is 0.195 e. The van der Waals surface area contributed by atoms with Gasteiger partial charge in [-0.1, -0.05) is 66.7 Å². The number of carbonyl (C=O) groups excluding carboxylic acids is 1. The fourth-order valence-corrected chi connectivity index (χ4v) is 5.81. The highest BCUT2D eigenvalue weighted by Gasteiger charge is 2.24. The quantitative estimate of drug-likeness (QED) is 0.255. The van der Waals surface area contributed by atoms with E-state index in [1.54, 1.807) is 35.6 Å². The van der Waals surface area contributed by atoms with E-state index in [0.29, 0.717) is 16.7 Å². The highest BCUT2D eigenvalue weighted by Crippen LogP contribution is 2.45. The van der Waals surface area contributed by atoms with Gasteiger partial charge >= 0.3 is 0 Å². The first-order valence-electron chi connectivity index (χ1n) is 11.3. The van der Waals surface area contributed by atoms with Crippen LogP contribution < -0.4 is 0 Å². The summed E-state index contributed by atoms with van der Waals surface area (Å²) >= 11 is 1.54. The summed E-state index contributed by atoms with van der Waals surface area (Å²) in [5, 5.41) is 23.4. The molecule has 0 radical (unpaired) electrons. The molecular formula is C31H20O3S. The van der Waals surface area contributed by atoms with Crippen LogP contribution in [0.15, 0.2) is 109 Å². The molecule has 35 heavy (non-hydrogen) atoms. The summed E-state index contributed by atoms with van der Waals surface area (Å²) in [5.41, 5.74) is 3.56. The third-order valence-corrected chi connectivity index (χ3v) is 7.48. The van der Waals surface area contributed by atoms with Gasteiger partial charge in [-0.05, 0) is 64.4 Å². The molecule has 0 saturated heterocycles. The predicted octanol–water partition coefficient (Wildman–Crippen LogP) is 8.03. The zero-order valence-electron chi connectivity index (χ0n) is 18.6. The lowest BCUT2D eigenvalue weighted by Crippen LogP contribution is -2.03. The van der Waals surface area contributed by atoms with Crippen LogP contribution in [0.2, 0.25) is 0 Å². The maximum atomic E-state index is 14.2. The van der Waals surface area contributed by atoms with Crippen LogP contribution in [0.3, 0.4) is 0 Å². The van der Waals surface area contributed by atoms with Crippen LogP contribution in [0.1, 0.15) is 15.9 Å². The van der Waals surface area contributed by atoms with Gasteiger partial charge in [0.25, 0.3) is 0 Å². The first-order chi connectivity index (χ1) is 17.1. The van der Waals surface area contributed by atoms with Crippen molar-refractivity contribution in [3.8, 4) is 33.1 Å². The molecule has 6 rings (SSSR count). The Kier molecular flexibility index (Phi) is 5.09.